The summed E-state index contributed by atoms with van der Waals surface area (Å²) in [6.45, 7) is 2.77. The molecule has 1 atom stereocenters. The van der Waals surface area contributed by atoms with Gasteiger partial charge in [-0.15, -0.1) is 12.4 Å². The Bertz CT molecular complexity index is 497. The Kier molecular flexibility index (Phi) is 7.10. The monoisotopic (exact) mass is 330 g/mol. The van der Waals surface area contributed by atoms with E-state index < -0.39 is 0 Å². The lowest BCUT2D eigenvalue weighted by Gasteiger charge is -2.29. The standard InChI is InChI=1S/C16H23FN2O2.ClH/c1-16(11-18,12-8-9-12)19-15(20)7-4-10-21-14-6-3-2-5-13(14)17;/h2-3,5-6,12H,4,7-11,18H2,1H3,(H,19,20);1H. The molecule has 6 heteroatoms. The molecule has 1 aliphatic carbocycles. The predicted octanol–water partition coefficient (Wildman–Crippen LogP) is 2.65. The van der Waals surface area contributed by atoms with E-state index in [0.717, 1.165) is 12.8 Å². The molecule has 0 saturated heterocycles. The van der Waals surface area contributed by atoms with E-state index in [1.54, 1.807) is 18.2 Å². The minimum Gasteiger partial charge on any atom is -0.491 e. The second-order valence-corrected chi connectivity index (χ2v) is 5.83. The zero-order valence-electron chi connectivity index (χ0n) is 12.8. The number of halogens is 2. The number of ether oxygens (including phenoxy) is 1. The number of carbonyl (C=O) groups excluding carboxylic acids is 1. The minimum atomic E-state index is -0.383. The van der Waals surface area contributed by atoms with Crippen LogP contribution < -0.4 is 15.8 Å². The molecule has 1 fully saturated rings. The second-order valence-electron chi connectivity index (χ2n) is 5.83. The van der Waals surface area contributed by atoms with Gasteiger partial charge in [0.15, 0.2) is 11.6 Å². The normalized spacial score (nSPS) is 16.3. The Morgan fingerprint density at radius 1 is 1.45 bits per heavy atom. The van der Waals surface area contributed by atoms with Crippen LogP contribution in [0.4, 0.5) is 4.39 Å². The number of carbonyl (C=O) groups is 1. The van der Waals surface area contributed by atoms with Gasteiger partial charge < -0.3 is 15.8 Å². The highest BCUT2D eigenvalue weighted by molar-refractivity contribution is 5.85. The van der Waals surface area contributed by atoms with Gasteiger partial charge in [0, 0.05) is 13.0 Å². The third-order valence-electron chi connectivity index (χ3n) is 3.97. The Labute approximate surface area is 137 Å². The van der Waals surface area contributed by atoms with E-state index in [1.807, 2.05) is 6.92 Å². The molecule has 1 unspecified atom stereocenters. The maximum absolute atomic E-state index is 13.3. The van der Waals surface area contributed by atoms with Crippen LogP contribution in [0.5, 0.6) is 5.75 Å². The van der Waals surface area contributed by atoms with Crippen LogP contribution in [0.3, 0.4) is 0 Å². The fraction of sp³-hybridized carbons (Fsp3) is 0.562. The lowest BCUT2D eigenvalue weighted by Crippen LogP contribution is -2.53. The molecule has 2 rings (SSSR count). The molecule has 0 aromatic heterocycles. The highest BCUT2D eigenvalue weighted by Gasteiger charge is 2.41. The van der Waals surface area contributed by atoms with E-state index >= 15 is 0 Å². The van der Waals surface area contributed by atoms with Gasteiger partial charge in [0.05, 0.1) is 12.1 Å². The Morgan fingerprint density at radius 2 is 2.14 bits per heavy atom. The number of nitrogens with one attached hydrogen (secondary N) is 1. The third-order valence-corrected chi connectivity index (χ3v) is 3.97. The van der Waals surface area contributed by atoms with E-state index in [4.69, 9.17) is 10.5 Å². The van der Waals surface area contributed by atoms with Crippen LogP contribution in [-0.2, 0) is 4.79 Å². The van der Waals surface area contributed by atoms with Crippen LogP contribution >= 0.6 is 12.4 Å². The fourth-order valence-electron chi connectivity index (χ4n) is 2.40. The van der Waals surface area contributed by atoms with Crippen LogP contribution in [0.15, 0.2) is 24.3 Å². The number of nitrogens with two attached hydrogens (primary N) is 1. The summed E-state index contributed by atoms with van der Waals surface area (Å²) in [6.07, 6.45) is 3.16. The number of hydrogen-bond donors (Lipinski definition) is 2. The molecule has 0 aliphatic heterocycles. The van der Waals surface area contributed by atoms with Gasteiger partial charge in [-0.3, -0.25) is 4.79 Å². The van der Waals surface area contributed by atoms with E-state index in [-0.39, 0.29) is 35.4 Å². The highest BCUT2D eigenvalue weighted by Crippen LogP contribution is 2.38. The molecule has 1 aromatic carbocycles. The maximum atomic E-state index is 13.3. The molecule has 124 valence electrons. The van der Waals surface area contributed by atoms with Crippen LogP contribution in [-0.4, -0.2) is 24.6 Å². The van der Waals surface area contributed by atoms with Crippen molar-refractivity contribution in [3.63, 3.8) is 0 Å². The first-order valence-corrected chi connectivity index (χ1v) is 7.43. The van der Waals surface area contributed by atoms with Gasteiger partial charge in [-0.05, 0) is 44.2 Å². The molecule has 0 heterocycles. The van der Waals surface area contributed by atoms with E-state index in [0.29, 0.717) is 31.9 Å². The summed E-state index contributed by atoms with van der Waals surface area (Å²) >= 11 is 0. The number of benzene rings is 1. The lowest BCUT2D eigenvalue weighted by atomic mass is 9.95. The van der Waals surface area contributed by atoms with Crippen LogP contribution in [0.25, 0.3) is 0 Å². The third kappa shape index (κ3) is 5.14. The largest absolute Gasteiger partial charge is 0.491 e. The molecule has 1 saturated carbocycles. The number of amides is 1. The average Bonchev–Trinajstić information content (AvgIpc) is 3.30. The van der Waals surface area contributed by atoms with Gasteiger partial charge in [-0.2, -0.15) is 0 Å². The molecule has 0 spiro atoms. The molecule has 1 aliphatic rings. The van der Waals surface area contributed by atoms with Crippen molar-refractivity contribution in [2.75, 3.05) is 13.2 Å². The first-order chi connectivity index (χ1) is 10.0. The summed E-state index contributed by atoms with van der Waals surface area (Å²) < 4.78 is 18.6. The van der Waals surface area contributed by atoms with Gasteiger partial charge in [-0.1, -0.05) is 12.1 Å². The Hall–Kier alpha value is -1.33. The molecule has 22 heavy (non-hydrogen) atoms. The molecule has 1 aromatic rings. The summed E-state index contributed by atoms with van der Waals surface area (Å²) in [4.78, 5) is 11.9. The molecule has 4 nitrogen and oxygen atoms in total. The number of hydrogen-bond acceptors (Lipinski definition) is 3. The van der Waals surface area contributed by atoms with Crippen molar-refractivity contribution in [3.8, 4) is 5.75 Å². The second kappa shape index (κ2) is 8.34. The van der Waals surface area contributed by atoms with Gasteiger partial charge in [0.1, 0.15) is 0 Å². The van der Waals surface area contributed by atoms with Crippen LogP contribution in [0.1, 0.15) is 32.6 Å². The summed E-state index contributed by atoms with van der Waals surface area (Å²) in [6, 6.07) is 6.26. The fourth-order valence-corrected chi connectivity index (χ4v) is 2.40. The van der Waals surface area contributed by atoms with Crippen molar-refractivity contribution in [2.24, 2.45) is 11.7 Å². The first-order valence-electron chi connectivity index (χ1n) is 7.43. The quantitative estimate of drug-likeness (QED) is 0.720. The van der Waals surface area contributed by atoms with Gasteiger partial charge >= 0.3 is 0 Å². The van der Waals surface area contributed by atoms with Crippen molar-refractivity contribution in [3.05, 3.63) is 30.1 Å². The van der Waals surface area contributed by atoms with Crippen molar-refractivity contribution in [2.45, 2.75) is 38.1 Å². The van der Waals surface area contributed by atoms with E-state index in [9.17, 15) is 9.18 Å². The highest BCUT2D eigenvalue weighted by atomic mass is 35.5. The average molecular weight is 331 g/mol. The van der Waals surface area contributed by atoms with Crippen molar-refractivity contribution >= 4 is 18.3 Å². The Morgan fingerprint density at radius 3 is 2.73 bits per heavy atom. The molecular weight excluding hydrogens is 307 g/mol. The van der Waals surface area contributed by atoms with E-state index in [2.05, 4.69) is 5.32 Å². The summed E-state index contributed by atoms with van der Waals surface area (Å²) in [5, 5.41) is 3.02. The number of rotatable bonds is 8. The number of para-hydroxylation sites is 1. The zero-order valence-corrected chi connectivity index (χ0v) is 13.6. The van der Waals surface area contributed by atoms with Crippen LogP contribution in [0, 0.1) is 11.7 Å². The lowest BCUT2D eigenvalue weighted by molar-refractivity contribution is -0.123. The van der Waals surface area contributed by atoms with Crippen molar-refractivity contribution in [1.82, 2.24) is 5.32 Å². The topological polar surface area (TPSA) is 64.3 Å². The maximum Gasteiger partial charge on any atom is 0.220 e. The van der Waals surface area contributed by atoms with Crippen molar-refractivity contribution in [1.29, 1.82) is 0 Å². The molecule has 3 N–H and O–H groups in total. The summed E-state index contributed by atoms with van der Waals surface area (Å²) in [7, 11) is 0. The van der Waals surface area contributed by atoms with Crippen molar-refractivity contribution < 1.29 is 13.9 Å². The SMILES string of the molecule is CC(CN)(NC(=O)CCCOc1ccccc1F)C1CC1.Cl. The molecular formula is C16H24ClFN2O2. The minimum absolute atomic E-state index is 0. The first kappa shape index (κ1) is 18.7. The van der Waals surface area contributed by atoms with Gasteiger partial charge in [0.2, 0.25) is 5.91 Å². The Balaban J connectivity index is 0.00000242. The van der Waals surface area contributed by atoms with Crippen LogP contribution in [0.2, 0.25) is 0 Å². The zero-order chi connectivity index (χ0) is 15.3. The molecule has 0 radical (unpaired) electrons. The van der Waals surface area contributed by atoms with Gasteiger partial charge in [0.25, 0.3) is 0 Å². The molecule has 0 bridgehead atoms. The molecule has 1 amide bonds. The summed E-state index contributed by atoms with van der Waals surface area (Å²) in [5.41, 5.74) is 5.47. The summed E-state index contributed by atoms with van der Waals surface area (Å²) in [5.74, 6) is 0.321. The predicted molar refractivity (Wildman–Crippen MR) is 86.7 cm³/mol. The van der Waals surface area contributed by atoms with Gasteiger partial charge in [-0.25, -0.2) is 4.39 Å². The van der Waals surface area contributed by atoms with E-state index in [1.165, 1.54) is 6.07 Å². The smallest absolute Gasteiger partial charge is 0.220 e.